The molecule has 0 saturated heterocycles. The van der Waals surface area contributed by atoms with Crippen LogP contribution >= 0.6 is 0 Å². The van der Waals surface area contributed by atoms with Crippen molar-refractivity contribution in [3.8, 4) is 17.2 Å². The molecule has 0 radical (unpaired) electrons. The number of phenols is 1. The molecule has 0 saturated carbocycles. The predicted molar refractivity (Wildman–Crippen MR) is 115 cm³/mol. The number of amides is 1. The number of phenolic OH excluding ortho intramolecular Hbond substituents is 1. The van der Waals surface area contributed by atoms with Gasteiger partial charge in [0.2, 0.25) is 11.7 Å². The van der Waals surface area contributed by atoms with Crippen LogP contribution in [0.4, 0.5) is 0 Å². The van der Waals surface area contributed by atoms with Gasteiger partial charge in [-0.25, -0.2) is 0 Å². The molecule has 0 unspecified atom stereocenters. The SMILES string of the molecule is COc1cc(C=CC(=O)N(C)CCn2c(C)cc3ccccc32)cc(O)c1OC. The Bertz CT molecular complexity index is 1050. The van der Waals surface area contributed by atoms with Crippen molar-refractivity contribution >= 4 is 22.9 Å². The summed E-state index contributed by atoms with van der Waals surface area (Å²) in [5.41, 5.74) is 2.99. The van der Waals surface area contributed by atoms with Crippen LogP contribution in [-0.4, -0.2) is 48.3 Å². The number of methoxy groups -OCH3 is 2. The molecule has 29 heavy (non-hydrogen) atoms. The molecule has 6 nitrogen and oxygen atoms in total. The molecular formula is C23H26N2O4. The Kier molecular flexibility index (Phi) is 6.12. The van der Waals surface area contributed by atoms with Crippen LogP contribution in [-0.2, 0) is 11.3 Å². The fraction of sp³-hybridized carbons (Fsp3) is 0.261. The third-order valence-corrected chi connectivity index (χ3v) is 4.95. The number of hydrogen-bond acceptors (Lipinski definition) is 4. The summed E-state index contributed by atoms with van der Waals surface area (Å²) in [6, 6.07) is 13.6. The molecule has 1 heterocycles. The summed E-state index contributed by atoms with van der Waals surface area (Å²) in [6.45, 7) is 3.37. The molecule has 0 fully saturated rings. The van der Waals surface area contributed by atoms with Gasteiger partial charge in [0.05, 0.1) is 14.2 Å². The number of nitrogens with zero attached hydrogens (tertiary/aromatic N) is 2. The number of carbonyl (C=O) groups is 1. The molecule has 1 amide bonds. The second kappa shape index (κ2) is 8.73. The van der Waals surface area contributed by atoms with Crippen molar-refractivity contribution in [2.45, 2.75) is 13.5 Å². The van der Waals surface area contributed by atoms with Crippen molar-refractivity contribution in [1.29, 1.82) is 0 Å². The van der Waals surface area contributed by atoms with Gasteiger partial charge in [-0.1, -0.05) is 18.2 Å². The van der Waals surface area contributed by atoms with Crippen LogP contribution in [0.3, 0.4) is 0 Å². The average Bonchev–Trinajstić information content (AvgIpc) is 3.04. The maximum atomic E-state index is 12.5. The largest absolute Gasteiger partial charge is 0.504 e. The first-order chi connectivity index (χ1) is 13.9. The smallest absolute Gasteiger partial charge is 0.246 e. The van der Waals surface area contributed by atoms with E-state index in [-0.39, 0.29) is 17.4 Å². The van der Waals surface area contributed by atoms with Crippen LogP contribution in [0.1, 0.15) is 11.3 Å². The van der Waals surface area contributed by atoms with E-state index in [1.807, 2.05) is 12.1 Å². The third kappa shape index (κ3) is 4.37. The fourth-order valence-corrected chi connectivity index (χ4v) is 3.36. The Balaban J connectivity index is 1.68. The van der Waals surface area contributed by atoms with Crippen molar-refractivity contribution in [1.82, 2.24) is 9.47 Å². The third-order valence-electron chi connectivity index (χ3n) is 4.95. The Morgan fingerprint density at radius 1 is 1.17 bits per heavy atom. The lowest BCUT2D eigenvalue weighted by Gasteiger charge is -2.17. The lowest BCUT2D eigenvalue weighted by molar-refractivity contribution is -0.124. The maximum absolute atomic E-state index is 12.5. The minimum absolute atomic E-state index is 0.0396. The van der Waals surface area contributed by atoms with Gasteiger partial charge in [0.15, 0.2) is 11.5 Å². The number of hydrogen-bond donors (Lipinski definition) is 1. The number of para-hydroxylation sites is 1. The zero-order valence-electron chi connectivity index (χ0n) is 17.2. The van der Waals surface area contributed by atoms with Gasteiger partial charge in [0, 0.05) is 37.4 Å². The molecule has 0 spiro atoms. The number of aryl methyl sites for hydroxylation is 1. The summed E-state index contributed by atoms with van der Waals surface area (Å²) >= 11 is 0. The molecule has 0 aliphatic carbocycles. The van der Waals surface area contributed by atoms with E-state index in [1.54, 1.807) is 24.1 Å². The summed E-state index contributed by atoms with van der Waals surface area (Å²) in [7, 11) is 4.73. The van der Waals surface area contributed by atoms with E-state index in [9.17, 15) is 9.90 Å². The van der Waals surface area contributed by atoms with Crippen LogP contribution in [0.25, 0.3) is 17.0 Å². The monoisotopic (exact) mass is 394 g/mol. The van der Waals surface area contributed by atoms with E-state index in [1.165, 1.54) is 43.0 Å². The van der Waals surface area contributed by atoms with Crippen LogP contribution < -0.4 is 9.47 Å². The van der Waals surface area contributed by atoms with Gasteiger partial charge in [-0.05, 0) is 48.2 Å². The normalized spacial score (nSPS) is 11.2. The average molecular weight is 394 g/mol. The van der Waals surface area contributed by atoms with E-state index in [0.29, 0.717) is 24.4 Å². The number of rotatable bonds is 7. The Labute approximate surface area is 170 Å². The fourth-order valence-electron chi connectivity index (χ4n) is 3.36. The highest BCUT2D eigenvalue weighted by Crippen LogP contribution is 2.37. The standard InChI is InChI=1S/C23H26N2O4/c1-16-13-18-7-5-6-8-19(18)25(16)12-11-24(2)22(27)10-9-17-14-20(26)23(29-4)21(15-17)28-3/h5-10,13-15,26H,11-12H2,1-4H3. The highest BCUT2D eigenvalue weighted by Gasteiger charge is 2.12. The second-order valence-corrected chi connectivity index (χ2v) is 6.86. The van der Waals surface area contributed by atoms with Crippen LogP contribution in [0.15, 0.2) is 48.5 Å². The van der Waals surface area contributed by atoms with E-state index in [2.05, 4.69) is 29.7 Å². The topological polar surface area (TPSA) is 63.9 Å². The Morgan fingerprint density at radius 2 is 1.93 bits per heavy atom. The predicted octanol–water partition coefficient (Wildman–Crippen LogP) is 3.84. The molecule has 0 aliphatic heterocycles. The van der Waals surface area contributed by atoms with Gasteiger partial charge in [-0.15, -0.1) is 0 Å². The lowest BCUT2D eigenvalue weighted by Crippen LogP contribution is -2.28. The van der Waals surface area contributed by atoms with E-state index < -0.39 is 0 Å². The minimum Gasteiger partial charge on any atom is -0.504 e. The summed E-state index contributed by atoms with van der Waals surface area (Å²) < 4.78 is 12.6. The maximum Gasteiger partial charge on any atom is 0.246 e. The second-order valence-electron chi connectivity index (χ2n) is 6.86. The number of fused-ring (bicyclic) bond motifs is 1. The molecule has 0 bridgehead atoms. The van der Waals surface area contributed by atoms with Gasteiger partial charge in [-0.2, -0.15) is 0 Å². The number of likely N-dealkylation sites (N-methyl/N-ethyl adjacent to an activating group) is 1. The summed E-state index contributed by atoms with van der Waals surface area (Å²) in [4.78, 5) is 14.2. The van der Waals surface area contributed by atoms with Crippen molar-refractivity contribution in [2.75, 3.05) is 27.8 Å². The first-order valence-corrected chi connectivity index (χ1v) is 9.37. The minimum atomic E-state index is -0.117. The number of benzene rings is 2. The molecule has 1 N–H and O–H groups in total. The molecular weight excluding hydrogens is 368 g/mol. The van der Waals surface area contributed by atoms with Crippen molar-refractivity contribution < 1.29 is 19.4 Å². The summed E-state index contributed by atoms with van der Waals surface area (Å²) in [6.07, 6.45) is 3.14. The Hall–Kier alpha value is -3.41. The zero-order chi connectivity index (χ0) is 21.0. The number of carbonyl (C=O) groups excluding carboxylic acids is 1. The molecule has 152 valence electrons. The van der Waals surface area contributed by atoms with E-state index in [4.69, 9.17) is 9.47 Å². The van der Waals surface area contributed by atoms with Gasteiger partial charge in [0.25, 0.3) is 0 Å². The number of aromatic hydroxyl groups is 1. The zero-order valence-corrected chi connectivity index (χ0v) is 17.2. The molecule has 6 heteroatoms. The quantitative estimate of drug-likeness (QED) is 0.619. The Morgan fingerprint density at radius 3 is 2.66 bits per heavy atom. The summed E-state index contributed by atoms with van der Waals surface area (Å²) in [5.74, 6) is 0.515. The highest BCUT2D eigenvalue weighted by molar-refractivity contribution is 5.91. The van der Waals surface area contributed by atoms with Gasteiger partial charge in [0.1, 0.15) is 0 Å². The van der Waals surface area contributed by atoms with Crippen molar-refractivity contribution in [3.63, 3.8) is 0 Å². The highest BCUT2D eigenvalue weighted by atomic mass is 16.5. The molecule has 1 aromatic heterocycles. The van der Waals surface area contributed by atoms with E-state index >= 15 is 0 Å². The van der Waals surface area contributed by atoms with Crippen LogP contribution in [0, 0.1) is 6.92 Å². The number of aromatic nitrogens is 1. The first kappa shape index (κ1) is 20.3. The van der Waals surface area contributed by atoms with Gasteiger partial charge >= 0.3 is 0 Å². The van der Waals surface area contributed by atoms with Crippen molar-refractivity contribution in [2.24, 2.45) is 0 Å². The molecule has 0 atom stereocenters. The van der Waals surface area contributed by atoms with Crippen LogP contribution in [0.5, 0.6) is 17.2 Å². The number of ether oxygens (including phenoxy) is 2. The summed E-state index contributed by atoms with van der Waals surface area (Å²) in [5, 5.41) is 11.2. The van der Waals surface area contributed by atoms with Crippen molar-refractivity contribution in [3.05, 3.63) is 59.8 Å². The van der Waals surface area contributed by atoms with Gasteiger partial charge < -0.3 is 24.0 Å². The van der Waals surface area contributed by atoms with Crippen LogP contribution in [0.2, 0.25) is 0 Å². The molecule has 2 aromatic carbocycles. The molecule has 3 rings (SSSR count). The lowest BCUT2D eigenvalue weighted by atomic mass is 10.1. The first-order valence-electron chi connectivity index (χ1n) is 9.37. The van der Waals surface area contributed by atoms with E-state index in [0.717, 1.165) is 0 Å². The molecule has 0 aliphatic rings. The molecule has 3 aromatic rings. The van der Waals surface area contributed by atoms with Gasteiger partial charge in [-0.3, -0.25) is 4.79 Å².